The first kappa shape index (κ1) is 18.4. The van der Waals surface area contributed by atoms with E-state index in [1.807, 2.05) is 19.1 Å². The Labute approximate surface area is 151 Å². The van der Waals surface area contributed by atoms with Gasteiger partial charge in [-0.1, -0.05) is 24.6 Å². The normalized spacial score (nSPS) is 10.2. The summed E-state index contributed by atoms with van der Waals surface area (Å²) in [5.41, 5.74) is 1.34. The number of hydrogen-bond donors (Lipinski definition) is 2. The molecule has 126 valence electrons. The number of hydrogen-bond acceptors (Lipinski definition) is 3. The van der Waals surface area contributed by atoms with Crippen LogP contribution in [0.25, 0.3) is 0 Å². The predicted molar refractivity (Wildman–Crippen MR) is 101 cm³/mol. The fourth-order valence-electron chi connectivity index (χ4n) is 2.00. The van der Waals surface area contributed by atoms with Gasteiger partial charge in [-0.25, -0.2) is 0 Å². The molecule has 2 aromatic carbocycles. The zero-order chi connectivity index (χ0) is 17.4. The Hall–Kier alpha value is -1.98. The van der Waals surface area contributed by atoms with E-state index in [4.69, 9.17) is 11.6 Å². The number of carbonyl (C=O) groups excluding carboxylic acids is 2. The van der Waals surface area contributed by atoms with Crippen LogP contribution in [0.2, 0.25) is 5.02 Å². The molecule has 0 unspecified atom stereocenters. The Morgan fingerprint density at radius 1 is 1.00 bits per heavy atom. The van der Waals surface area contributed by atoms with E-state index in [0.717, 1.165) is 11.3 Å². The molecule has 0 bridgehead atoms. The van der Waals surface area contributed by atoms with Gasteiger partial charge in [0.25, 0.3) is 0 Å². The summed E-state index contributed by atoms with van der Waals surface area (Å²) in [5.74, 6) is 0.167. The van der Waals surface area contributed by atoms with Crippen LogP contribution in [-0.2, 0) is 9.59 Å². The molecule has 0 saturated carbocycles. The lowest BCUT2D eigenvalue weighted by molar-refractivity contribution is -0.116. The summed E-state index contributed by atoms with van der Waals surface area (Å²) in [6, 6.07) is 14.5. The van der Waals surface area contributed by atoms with Crippen molar-refractivity contribution in [2.75, 3.05) is 16.4 Å². The lowest BCUT2D eigenvalue weighted by atomic mass is 10.2. The molecule has 0 aromatic heterocycles. The van der Waals surface area contributed by atoms with Gasteiger partial charge >= 0.3 is 0 Å². The fourth-order valence-corrected chi connectivity index (χ4v) is 2.83. The standard InChI is InChI=1S/C18H19ClN2O2S/c1-2-4-17(22)20-14-5-3-6-15(11-14)21-18(23)12-24-16-9-7-13(19)8-10-16/h3,5-11H,2,4,12H2,1H3,(H,20,22)(H,21,23). The van der Waals surface area contributed by atoms with E-state index in [9.17, 15) is 9.59 Å². The van der Waals surface area contributed by atoms with Gasteiger partial charge in [0.1, 0.15) is 0 Å². The Morgan fingerprint density at radius 2 is 1.62 bits per heavy atom. The SMILES string of the molecule is CCCC(=O)Nc1cccc(NC(=O)CSc2ccc(Cl)cc2)c1. The minimum Gasteiger partial charge on any atom is -0.326 e. The molecule has 0 heterocycles. The third kappa shape index (κ3) is 6.26. The topological polar surface area (TPSA) is 58.2 Å². The van der Waals surface area contributed by atoms with Crippen LogP contribution in [0.5, 0.6) is 0 Å². The van der Waals surface area contributed by atoms with Crippen LogP contribution >= 0.6 is 23.4 Å². The van der Waals surface area contributed by atoms with E-state index in [0.29, 0.717) is 28.6 Å². The summed E-state index contributed by atoms with van der Waals surface area (Å²) in [6.07, 6.45) is 1.28. The van der Waals surface area contributed by atoms with Crippen molar-refractivity contribution in [2.24, 2.45) is 0 Å². The predicted octanol–water partition coefficient (Wildman–Crippen LogP) is 4.81. The molecule has 24 heavy (non-hydrogen) atoms. The van der Waals surface area contributed by atoms with Gasteiger partial charge in [-0.15, -0.1) is 11.8 Å². The van der Waals surface area contributed by atoms with Gasteiger partial charge in [0.2, 0.25) is 11.8 Å². The summed E-state index contributed by atoms with van der Waals surface area (Å²) in [4.78, 5) is 24.6. The van der Waals surface area contributed by atoms with Gasteiger partial charge in [0.15, 0.2) is 0 Å². The summed E-state index contributed by atoms with van der Waals surface area (Å²) < 4.78 is 0. The smallest absolute Gasteiger partial charge is 0.234 e. The van der Waals surface area contributed by atoms with Crippen molar-refractivity contribution >= 4 is 46.6 Å². The summed E-state index contributed by atoms with van der Waals surface area (Å²) in [7, 11) is 0. The van der Waals surface area contributed by atoms with Gasteiger partial charge in [-0.2, -0.15) is 0 Å². The van der Waals surface area contributed by atoms with E-state index in [1.54, 1.807) is 36.4 Å². The first-order valence-electron chi connectivity index (χ1n) is 7.65. The second kappa shape index (κ2) is 9.35. The quantitative estimate of drug-likeness (QED) is 0.695. The van der Waals surface area contributed by atoms with E-state index >= 15 is 0 Å². The van der Waals surface area contributed by atoms with E-state index < -0.39 is 0 Å². The maximum absolute atomic E-state index is 12.0. The second-order valence-electron chi connectivity index (χ2n) is 5.17. The monoisotopic (exact) mass is 362 g/mol. The van der Waals surface area contributed by atoms with Crippen LogP contribution < -0.4 is 10.6 Å². The Bertz CT molecular complexity index is 704. The molecule has 0 radical (unpaired) electrons. The van der Waals surface area contributed by atoms with Gasteiger partial charge in [-0.05, 0) is 48.9 Å². The fraction of sp³-hybridized carbons (Fsp3) is 0.222. The largest absolute Gasteiger partial charge is 0.326 e. The average molecular weight is 363 g/mol. The first-order valence-corrected chi connectivity index (χ1v) is 9.01. The van der Waals surface area contributed by atoms with Crippen LogP contribution in [-0.4, -0.2) is 17.6 Å². The molecule has 0 aliphatic carbocycles. The molecule has 4 nitrogen and oxygen atoms in total. The average Bonchev–Trinajstić information content (AvgIpc) is 2.55. The Morgan fingerprint density at radius 3 is 2.25 bits per heavy atom. The highest BCUT2D eigenvalue weighted by molar-refractivity contribution is 8.00. The number of halogens is 1. The number of rotatable bonds is 7. The van der Waals surface area contributed by atoms with Crippen molar-refractivity contribution in [3.8, 4) is 0 Å². The van der Waals surface area contributed by atoms with Crippen molar-refractivity contribution in [3.05, 3.63) is 53.6 Å². The molecule has 0 atom stereocenters. The van der Waals surface area contributed by atoms with E-state index in [-0.39, 0.29) is 11.8 Å². The number of benzene rings is 2. The van der Waals surface area contributed by atoms with Gasteiger partial charge in [-0.3, -0.25) is 9.59 Å². The van der Waals surface area contributed by atoms with Gasteiger partial charge in [0, 0.05) is 27.7 Å². The zero-order valence-corrected chi connectivity index (χ0v) is 14.9. The molecule has 2 amide bonds. The zero-order valence-electron chi connectivity index (χ0n) is 13.3. The third-order valence-electron chi connectivity index (χ3n) is 3.09. The highest BCUT2D eigenvalue weighted by atomic mass is 35.5. The molecule has 0 aliphatic rings. The summed E-state index contributed by atoms with van der Waals surface area (Å²) >= 11 is 7.27. The molecule has 2 N–H and O–H groups in total. The lowest BCUT2D eigenvalue weighted by Gasteiger charge is -2.08. The maximum atomic E-state index is 12.0. The minimum absolute atomic E-state index is 0.0285. The van der Waals surface area contributed by atoms with Crippen LogP contribution in [0.4, 0.5) is 11.4 Å². The molecule has 2 rings (SSSR count). The lowest BCUT2D eigenvalue weighted by Crippen LogP contribution is -2.15. The van der Waals surface area contributed by atoms with Crippen LogP contribution in [0, 0.1) is 0 Å². The summed E-state index contributed by atoms with van der Waals surface area (Å²) in [6.45, 7) is 1.95. The summed E-state index contributed by atoms with van der Waals surface area (Å²) in [5, 5.41) is 6.32. The van der Waals surface area contributed by atoms with Gasteiger partial charge in [0.05, 0.1) is 5.75 Å². The highest BCUT2D eigenvalue weighted by Gasteiger charge is 2.06. The highest BCUT2D eigenvalue weighted by Crippen LogP contribution is 2.21. The molecule has 2 aromatic rings. The van der Waals surface area contributed by atoms with Crippen molar-refractivity contribution in [1.29, 1.82) is 0 Å². The molecule has 0 aliphatic heterocycles. The number of amides is 2. The molecule has 6 heteroatoms. The van der Waals surface area contributed by atoms with Crippen LogP contribution in [0.3, 0.4) is 0 Å². The molecule has 0 spiro atoms. The number of anilines is 2. The molecular formula is C18H19ClN2O2S. The van der Waals surface area contributed by atoms with Crippen molar-refractivity contribution in [3.63, 3.8) is 0 Å². The van der Waals surface area contributed by atoms with Crippen LogP contribution in [0.1, 0.15) is 19.8 Å². The molecular weight excluding hydrogens is 344 g/mol. The maximum Gasteiger partial charge on any atom is 0.234 e. The van der Waals surface area contributed by atoms with Crippen molar-refractivity contribution < 1.29 is 9.59 Å². The number of carbonyl (C=O) groups is 2. The molecule has 0 saturated heterocycles. The van der Waals surface area contributed by atoms with Gasteiger partial charge < -0.3 is 10.6 Å². The molecule has 0 fully saturated rings. The first-order chi connectivity index (χ1) is 11.6. The minimum atomic E-state index is -0.105. The van der Waals surface area contributed by atoms with E-state index in [1.165, 1.54) is 11.8 Å². The van der Waals surface area contributed by atoms with Crippen molar-refractivity contribution in [1.82, 2.24) is 0 Å². The Kier molecular flexibility index (Phi) is 7.15. The second-order valence-corrected chi connectivity index (χ2v) is 6.65. The van der Waals surface area contributed by atoms with E-state index in [2.05, 4.69) is 10.6 Å². The Balaban J connectivity index is 1.87. The number of thioether (sulfide) groups is 1. The third-order valence-corrected chi connectivity index (χ3v) is 4.35. The number of nitrogens with one attached hydrogen (secondary N) is 2. The van der Waals surface area contributed by atoms with Crippen LogP contribution in [0.15, 0.2) is 53.4 Å². The van der Waals surface area contributed by atoms with Crippen molar-refractivity contribution in [2.45, 2.75) is 24.7 Å².